The smallest absolute Gasteiger partial charge is 0.278 e. The summed E-state index contributed by atoms with van der Waals surface area (Å²) in [5.74, 6) is -1.12. The predicted molar refractivity (Wildman–Crippen MR) is 118 cm³/mol. The van der Waals surface area contributed by atoms with Crippen molar-refractivity contribution in [2.75, 3.05) is 24.3 Å². The molecule has 3 aromatic rings. The number of nitrogens with one attached hydrogen (secondary N) is 1. The number of imide groups is 1. The van der Waals surface area contributed by atoms with Crippen LogP contribution in [0.1, 0.15) is 10.4 Å². The lowest BCUT2D eigenvalue weighted by atomic mass is 10.1. The summed E-state index contributed by atoms with van der Waals surface area (Å²) in [5.41, 5.74) is 3.03. The van der Waals surface area contributed by atoms with E-state index in [2.05, 4.69) is 5.32 Å². The Bertz CT molecular complexity index is 1100. The summed E-state index contributed by atoms with van der Waals surface area (Å²) in [4.78, 5) is 30.2. The van der Waals surface area contributed by atoms with Gasteiger partial charge in [0.1, 0.15) is 11.5 Å². The van der Waals surface area contributed by atoms with Crippen LogP contribution in [-0.2, 0) is 16.1 Å². The largest absolute Gasteiger partial charge is 0.378 e. The number of carbonyl (C=O) groups excluding carboxylic acids is 2. The molecule has 2 heterocycles. The second-order valence-corrected chi connectivity index (χ2v) is 8.06. The maximum atomic E-state index is 13.2. The number of amides is 2. The van der Waals surface area contributed by atoms with Gasteiger partial charge in [-0.25, -0.2) is 4.39 Å². The van der Waals surface area contributed by atoms with Crippen LogP contribution in [0, 0.1) is 5.82 Å². The molecule has 1 aliphatic rings. The van der Waals surface area contributed by atoms with Crippen molar-refractivity contribution in [3.8, 4) is 0 Å². The second kappa shape index (κ2) is 8.12. The van der Waals surface area contributed by atoms with Gasteiger partial charge in [-0.3, -0.25) is 14.5 Å². The summed E-state index contributed by atoms with van der Waals surface area (Å²) in [6, 6.07) is 17.1. The number of hydrogen-bond donors (Lipinski definition) is 1. The Labute approximate surface area is 178 Å². The topological polar surface area (TPSA) is 52.7 Å². The van der Waals surface area contributed by atoms with Crippen LogP contribution in [0.15, 0.2) is 71.7 Å². The maximum Gasteiger partial charge on any atom is 0.278 e. The maximum absolute atomic E-state index is 13.2. The Morgan fingerprint density at radius 3 is 2.27 bits per heavy atom. The van der Waals surface area contributed by atoms with Gasteiger partial charge in [-0.2, -0.15) is 0 Å². The lowest BCUT2D eigenvalue weighted by Gasteiger charge is -2.16. The molecule has 2 aromatic carbocycles. The standard InChI is InChI=1S/C23H20FN3O2S/c1-26(2)18-11-9-17(10-12-18)25-21-20(19-4-3-13-30-19)22(28)27(23(21)29)14-15-5-7-16(24)8-6-15/h3-13,25H,14H2,1-2H3. The molecule has 0 unspecified atom stereocenters. The Morgan fingerprint density at radius 1 is 0.967 bits per heavy atom. The van der Waals surface area contributed by atoms with Gasteiger partial charge in [0, 0.05) is 30.3 Å². The molecule has 7 heteroatoms. The predicted octanol–water partition coefficient (Wildman–Crippen LogP) is 4.35. The molecule has 0 spiro atoms. The van der Waals surface area contributed by atoms with E-state index in [4.69, 9.17) is 0 Å². The van der Waals surface area contributed by atoms with Gasteiger partial charge in [-0.1, -0.05) is 18.2 Å². The third kappa shape index (κ3) is 3.84. The lowest BCUT2D eigenvalue weighted by molar-refractivity contribution is -0.137. The quantitative estimate of drug-likeness (QED) is 0.602. The van der Waals surface area contributed by atoms with Crippen molar-refractivity contribution >= 4 is 40.1 Å². The van der Waals surface area contributed by atoms with Crippen molar-refractivity contribution < 1.29 is 14.0 Å². The summed E-state index contributed by atoms with van der Waals surface area (Å²) < 4.78 is 13.2. The zero-order chi connectivity index (χ0) is 21.3. The normalized spacial score (nSPS) is 13.9. The molecule has 1 aliphatic heterocycles. The highest BCUT2D eigenvalue weighted by Gasteiger charge is 2.39. The summed E-state index contributed by atoms with van der Waals surface area (Å²) in [5, 5.41) is 5.01. The van der Waals surface area contributed by atoms with E-state index < -0.39 is 5.91 Å². The van der Waals surface area contributed by atoms with E-state index >= 15 is 0 Å². The van der Waals surface area contributed by atoms with Crippen molar-refractivity contribution in [1.82, 2.24) is 4.90 Å². The number of rotatable bonds is 6. The first-order chi connectivity index (χ1) is 14.4. The summed E-state index contributed by atoms with van der Waals surface area (Å²) in [6.07, 6.45) is 0. The SMILES string of the molecule is CN(C)c1ccc(NC2=C(c3cccs3)C(=O)N(Cc3ccc(F)cc3)C2=O)cc1. The van der Waals surface area contributed by atoms with Crippen LogP contribution in [0.5, 0.6) is 0 Å². The fourth-order valence-electron chi connectivity index (χ4n) is 3.24. The number of halogens is 1. The molecule has 0 atom stereocenters. The van der Waals surface area contributed by atoms with Gasteiger partial charge in [0.05, 0.1) is 12.1 Å². The van der Waals surface area contributed by atoms with Gasteiger partial charge < -0.3 is 10.2 Å². The highest BCUT2D eigenvalue weighted by Crippen LogP contribution is 2.34. The molecule has 4 rings (SSSR count). The molecule has 0 fully saturated rings. The molecule has 0 saturated heterocycles. The van der Waals surface area contributed by atoms with Crippen LogP contribution in [0.4, 0.5) is 15.8 Å². The van der Waals surface area contributed by atoms with Crippen LogP contribution in [-0.4, -0.2) is 30.8 Å². The zero-order valence-corrected chi connectivity index (χ0v) is 17.4. The first-order valence-corrected chi connectivity index (χ1v) is 10.2. The minimum Gasteiger partial charge on any atom is -0.378 e. The van der Waals surface area contributed by atoms with Crippen molar-refractivity contribution in [3.05, 3.63) is 88.0 Å². The van der Waals surface area contributed by atoms with Gasteiger partial charge >= 0.3 is 0 Å². The highest BCUT2D eigenvalue weighted by molar-refractivity contribution is 7.11. The van der Waals surface area contributed by atoms with Crippen LogP contribution < -0.4 is 10.2 Å². The summed E-state index contributed by atoms with van der Waals surface area (Å²) in [7, 11) is 3.90. The molecular weight excluding hydrogens is 401 g/mol. The van der Waals surface area contributed by atoms with Crippen molar-refractivity contribution in [1.29, 1.82) is 0 Å². The molecule has 1 aromatic heterocycles. The fraction of sp³-hybridized carbons (Fsp3) is 0.130. The number of hydrogen-bond acceptors (Lipinski definition) is 5. The fourth-order valence-corrected chi connectivity index (χ4v) is 4.01. The average molecular weight is 421 g/mol. The third-order valence-corrected chi connectivity index (χ3v) is 5.73. The van der Waals surface area contributed by atoms with E-state index in [1.54, 1.807) is 12.1 Å². The minimum absolute atomic E-state index is 0.0809. The molecule has 2 amide bonds. The van der Waals surface area contributed by atoms with Crippen molar-refractivity contribution in [3.63, 3.8) is 0 Å². The van der Waals surface area contributed by atoms with Crippen molar-refractivity contribution in [2.45, 2.75) is 6.54 Å². The highest BCUT2D eigenvalue weighted by atomic mass is 32.1. The molecule has 0 bridgehead atoms. The molecule has 0 saturated carbocycles. The number of carbonyl (C=O) groups is 2. The number of anilines is 2. The van der Waals surface area contributed by atoms with E-state index in [9.17, 15) is 14.0 Å². The first kappa shape index (κ1) is 19.8. The number of benzene rings is 2. The molecule has 0 radical (unpaired) electrons. The Hall–Kier alpha value is -3.45. The zero-order valence-electron chi connectivity index (χ0n) is 16.6. The average Bonchev–Trinajstić information content (AvgIpc) is 3.33. The van der Waals surface area contributed by atoms with Gasteiger partial charge in [-0.05, 0) is 53.4 Å². The van der Waals surface area contributed by atoms with Crippen LogP contribution in [0.25, 0.3) is 5.57 Å². The number of thiophene rings is 1. The van der Waals surface area contributed by atoms with Gasteiger partial charge in [-0.15, -0.1) is 11.3 Å². The monoisotopic (exact) mass is 421 g/mol. The third-order valence-electron chi connectivity index (χ3n) is 4.84. The minimum atomic E-state index is -0.399. The summed E-state index contributed by atoms with van der Waals surface area (Å²) in [6.45, 7) is 0.0809. The van der Waals surface area contributed by atoms with Gasteiger partial charge in [0.2, 0.25) is 0 Å². The van der Waals surface area contributed by atoms with E-state index in [1.165, 1.54) is 28.4 Å². The van der Waals surface area contributed by atoms with E-state index in [1.807, 2.05) is 60.8 Å². The molecule has 152 valence electrons. The van der Waals surface area contributed by atoms with E-state index in [0.717, 1.165) is 16.3 Å². The van der Waals surface area contributed by atoms with E-state index in [-0.39, 0.29) is 24.0 Å². The Kier molecular flexibility index (Phi) is 5.37. The van der Waals surface area contributed by atoms with Gasteiger partial charge in [0.25, 0.3) is 11.8 Å². The summed E-state index contributed by atoms with van der Waals surface area (Å²) >= 11 is 1.40. The van der Waals surface area contributed by atoms with Gasteiger partial charge in [0.15, 0.2) is 0 Å². The molecule has 0 aliphatic carbocycles. The molecule has 1 N–H and O–H groups in total. The Balaban J connectivity index is 1.66. The van der Waals surface area contributed by atoms with Crippen LogP contribution in [0.2, 0.25) is 0 Å². The van der Waals surface area contributed by atoms with Crippen LogP contribution >= 0.6 is 11.3 Å². The molecule has 30 heavy (non-hydrogen) atoms. The van der Waals surface area contributed by atoms with Crippen LogP contribution in [0.3, 0.4) is 0 Å². The molecule has 5 nitrogen and oxygen atoms in total. The second-order valence-electron chi connectivity index (χ2n) is 7.12. The lowest BCUT2D eigenvalue weighted by Crippen LogP contribution is -2.31. The first-order valence-electron chi connectivity index (χ1n) is 9.37. The molecular formula is C23H20FN3O2S. The Morgan fingerprint density at radius 2 is 1.67 bits per heavy atom. The number of nitrogens with zero attached hydrogens (tertiary/aromatic N) is 2. The van der Waals surface area contributed by atoms with E-state index in [0.29, 0.717) is 11.1 Å². The van der Waals surface area contributed by atoms with Crippen molar-refractivity contribution in [2.24, 2.45) is 0 Å².